The smallest absolute Gasteiger partial charge is 0.394 e. The van der Waals surface area contributed by atoms with Gasteiger partial charge in [-0.1, -0.05) is 12.1 Å². The van der Waals surface area contributed by atoms with E-state index in [2.05, 4.69) is 0 Å². The van der Waals surface area contributed by atoms with Crippen LogP contribution in [-0.4, -0.2) is 48.3 Å². The molecule has 132 valence electrons. The summed E-state index contributed by atoms with van der Waals surface area (Å²) >= 11 is 0. The molecule has 1 aliphatic rings. The van der Waals surface area contributed by atoms with Gasteiger partial charge in [-0.15, -0.1) is 0 Å². The predicted octanol–water partition coefficient (Wildman–Crippen LogP) is 2.27. The number of carbonyl (C=O) groups excluding carboxylic acids is 1. The number of halogens is 3. The van der Waals surface area contributed by atoms with E-state index in [0.29, 0.717) is 11.3 Å². The summed E-state index contributed by atoms with van der Waals surface area (Å²) in [4.78, 5) is 24.3. The second-order valence-electron chi connectivity index (χ2n) is 5.87. The lowest BCUT2D eigenvalue weighted by Crippen LogP contribution is -2.34. The second-order valence-corrected chi connectivity index (χ2v) is 5.87. The van der Waals surface area contributed by atoms with Crippen molar-refractivity contribution in [1.82, 2.24) is 4.90 Å². The molecule has 5 nitrogen and oxygen atoms in total. The highest BCUT2D eigenvalue weighted by molar-refractivity contribution is 5.81. The number of hydrogen-bond acceptors (Lipinski definition) is 3. The van der Waals surface area contributed by atoms with Crippen LogP contribution in [-0.2, 0) is 16.0 Å². The zero-order chi connectivity index (χ0) is 18.1. The monoisotopic (exact) mass is 345 g/mol. The molecule has 1 aliphatic heterocycles. The van der Waals surface area contributed by atoms with Gasteiger partial charge in [0.05, 0.1) is 25.4 Å². The van der Waals surface area contributed by atoms with E-state index in [-0.39, 0.29) is 6.42 Å². The molecule has 0 radical (unpaired) electrons. The number of carboxylic acids is 1. The Kier molecular flexibility index (Phi) is 5.05. The molecule has 0 bridgehead atoms. The number of aryl methyl sites for hydroxylation is 1. The highest BCUT2D eigenvalue weighted by Gasteiger charge is 2.53. The maximum Gasteiger partial charge on any atom is 0.394 e. The molecule has 2 rings (SSSR count). The lowest BCUT2D eigenvalue weighted by atomic mass is 9.96. The molecule has 0 aliphatic carbocycles. The Hall–Kier alpha value is -2.25. The SMILES string of the molecule is COc1cc(CC(=O)N2C[C@@H](C(F)(F)F)[C@H](C(=O)O)C2)ccc1C. The van der Waals surface area contributed by atoms with Gasteiger partial charge in [-0.2, -0.15) is 13.2 Å². The second kappa shape index (κ2) is 6.70. The van der Waals surface area contributed by atoms with Gasteiger partial charge in [0, 0.05) is 13.1 Å². The van der Waals surface area contributed by atoms with E-state index in [4.69, 9.17) is 9.84 Å². The summed E-state index contributed by atoms with van der Waals surface area (Å²) in [5, 5.41) is 8.98. The first kappa shape index (κ1) is 18.1. The molecule has 24 heavy (non-hydrogen) atoms. The average molecular weight is 345 g/mol. The molecule has 1 saturated heterocycles. The molecule has 0 saturated carbocycles. The summed E-state index contributed by atoms with van der Waals surface area (Å²) in [6.07, 6.45) is -4.75. The Labute approximate surface area is 137 Å². The van der Waals surface area contributed by atoms with E-state index in [1.54, 1.807) is 18.2 Å². The van der Waals surface area contributed by atoms with Crippen molar-refractivity contribution < 1.29 is 32.6 Å². The van der Waals surface area contributed by atoms with E-state index in [1.807, 2.05) is 6.92 Å². The minimum atomic E-state index is -4.65. The number of methoxy groups -OCH3 is 1. The van der Waals surface area contributed by atoms with Crippen molar-refractivity contribution in [2.24, 2.45) is 11.8 Å². The number of alkyl halides is 3. The molecule has 1 fully saturated rings. The van der Waals surface area contributed by atoms with Crippen LogP contribution in [0.15, 0.2) is 18.2 Å². The van der Waals surface area contributed by atoms with Gasteiger partial charge in [-0.3, -0.25) is 9.59 Å². The summed E-state index contributed by atoms with van der Waals surface area (Å²) in [6, 6.07) is 5.10. The number of amides is 1. The third-order valence-electron chi connectivity index (χ3n) is 4.24. The molecule has 8 heteroatoms. The van der Waals surface area contributed by atoms with Crippen LogP contribution < -0.4 is 4.74 Å². The number of nitrogens with zero attached hydrogens (tertiary/aromatic N) is 1. The lowest BCUT2D eigenvalue weighted by Gasteiger charge is -2.18. The van der Waals surface area contributed by atoms with Crippen LogP contribution in [0.1, 0.15) is 11.1 Å². The summed E-state index contributed by atoms with van der Waals surface area (Å²) in [5.41, 5.74) is 1.47. The maximum absolute atomic E-state index is 13.0. The number of ether oxygens (including phenoxy) is 1. The van der Waals surface area contributed by atoms with Crippen LogP contribution in [0.25, 0.3) is 0 Å². The van der Waals surface area contributed by atoms with Crippen LogP contribution >= 0.6 is 0 Å². The first-order valence-electron chi connectivity index (χ1n) is 7.34. The summed E-state index contributed by atoms with van der Waals surface area (Å²) in [6.45, 7) is 0.778. The number of carboxylic acid groups (broad SMARTS) is 1. The van der Waals surface area contributed by atoms with Gasteiger partial charge in [-0.05, 0) is 24.1 Å². The fourth-order valence-electron chi connectivity index (χ4n) is 2.85. The van der Waals surface area contributed by atoms with Crippen LogP contribution in [0.4, 0.5) is 13.2 Å². The van der Waals surface area contributed by atoms with Gasteiger partial charge >= 0.3 is 12.1 Å². The van der Waals surface area contributed by atoms with E-state index >= 15 is 0 Å². The molecule has 1 heterocycles. The molecule has 1 amide bonds. The van der Waals surface area contributed by atoms with Gasteiger partial charge in [0.1, 0.15) is 5.75 Å². The highest BCUT2D eigenvalue weighted by Crippen LogP contribution is 2.38. The third kappa shape index (κ3) is 3.80. The minimum Gasteiger partial charge on any atom is -0.496 e. The van der Waals surface area contributed by atoms with E-state index < -0.39 is 43.0 Å². The molecule has 1 aromatic rings. The largest absolute Gasteiger partial charge is 0.496 e. The predicted molar refractivity (Wildman–Crippen MR) is 78.7 cm³/mol. The van der Waals surface area contributed by atoms with Crippen molar-refractivity contribution in [2.75, 3.05) is 20.2 Å². The molecular formula is C16H18F3NO4. The van der Waals surface area contributed by atoms with E-state index in [0.717, 1.165) is 10.5 Å². The summed E-state index contributed by atoms with van der Waals surface area (Å²) in [7, 11) is 1.49. The molecule has 2 atom stereocenters. The summed E-state index contributed by atoms with van der Waals surface area (Å²) in [5.74, 6) is -5.14. The van der Waals surface area contributed by atoms with Crippen molar-refractivity contribution in [3.05, 3.63) is 29.3 Å². The number of likely N-dealkylation sites (tertiary alicyclic amines) is 1. The Morgan fingerprint density at radius 1 is 1.33 bits per heavy atom. The third-order valence-corrected chi connectivity index (χ3v) is 4.24. The fraction of sp³-hybridized carbons (Fsp3) is 0.500. The first-order valence-corrected chi connectivity index (χ1v) is 7.34. The fourth-order valence-corrected chi connectivity index (χ4v) is 2.85. The Morgan fingerprint density at radius 2 is 2.00 bits per heavy atom. The van der Waals surface area contributed by atoms with Gasteiger partial charge in [0.2, 0.25) is 5.91 Å². The van der Waals surface area contributed by atoms with Crippen molar-refractivity contribution >= 4 is 11.9 Å². The quantitative estimate of drug-likeness (QED) is 0.909. The zero-order valence-electron chi connectivity index (χ0n) is 13.3. The number of rotatable bonds is 4. The zero-order valence-corrected chi connectivity index (χ0v) is 13.3. The molecule has 0 spiro atoms. The van der Waals surface area contributed by atoms with Gasteiger partial charge in [0.25, 0.3) is 0 Å². The Bertz CT molecular complexity index is 645. The first-order chi connectivity index (χ1) is 11.1. The van der Waals surface area contributed by atoms with Crippen molar-refractivity contribution in [3.8, 4) is 5.75 Å². The summed E-state index contributed by atoms with van der Waals surface area (Å²) < 4.78 is 44.0. The number of hydrogen-bond donors (Lipinski definition) is 1. The normalized spacial score (nSPS) is 21.0. The number of benzene rings is 1. The topological polar surface area (TPSA) is 66.8 Å². The van der Waals surface area contributed by atoms with Crippen LogP contribution in [0.2, 0.25) is 0 Å². The molecular weight excluding hydrogens is 327 g/mol. The Balaban J connectivity index is 2.12. The molecule has 1 aromatic carbocycles. The van der Waals surface area contributed by atoms with Crippen molar-refractivity contribution in [3.63, 3.8) is 0 Å². The van der Waals surface area contributed by atoms with Crippen LogP contribution in [0, 0.1) is 18.8 Å². The van der Waals surface area contributed by atoms with Crippen molar-refractivity contribution in [1.29, 1.82) is 0 Å². The molecule has 0 unspecified atom stereocenters. The van der Waals surface area contributed by atoms with Gasteiger partial charge in [0.15, 0.2) is 0 Å². The minimum absolute atomic E-state index is 0.104. The van der Waals surface area contributed by atoms with Crippen LogP contribution in [0.3, 0.4) is 0 Å². The maximum atomic E-state index is 13.0. The molecule has 1 N–H and O–H groups in total. The van der Waals surface area contributed by atoms with Crippen molar-refractivity contribution in [2.45, 2.75) is 19.5 Å². The van der Waals surface area contributed by atoms with Gasteiger partial charge in [-0.25, -0.2) is 0 Å². The highest BCUT2D eigenvalue weighted by atomic mass is 19.4. The number of carbonyl (C=O) groups is 2. The molecule has 0 aromatic heterocycles. The standard InChI is InChI=1S/C16H18F3NO4/c1-9-3-4-10(5-13(9)24-2)6-14(21)20-7-11(15(22)23)12(8-20)16(17,18)19/h3-5,11-12H,6-8H2,1-2H3,(H,22,23)/t11-,12-/m1/s1. The Morgan fingerprint density at radius 3 is 2.50 bits per heavy atom. The van der Waals surface area contributed by atoms with E-state index in [1.165, 1.54) is 7.11 Å². The average Bonchev–Trinajstić information content (AvgIpc) is 2.95. The van der Waals surface area contributed by atoms with Crippen LogP contribution in [0.5, 0.6) is 5.75 Å². The van der Waals surface area contributed by atoms with E-state index in [9.17, 15) is 22.8 Å². The lowest BCUT2D eigenvalue weighted by molar-refractivity contribution is -0.188. The van der Waals surface area contributed by atoms with Gasteiger partial charge < -0.3 is 14.7 Å². The number of aliphatic carboxylic acids is 1.